The van der Waals surface area contributed by atoms with E-state index in [1.165, 1.54) is 27.9 Å². The molecular formula is C24H28N2O. The van der Waals surface area contributed by atoms with Crippen LogP contribution in [0.2, 0.25) is 0 Å². The number of H-pyrrole nitrogens is 1. The Labute approximate surface area is 161 Å². The average Bonchev–Trinajstić information content (AvgIpc) is 3.10. The first-order valence-electron chi connectivity index (χ1n) is 9.72. The number of nitrogens with zero attached hydrogens (tertiary/aromatic N) is 1. The maximum absolute atomic E-state index is 11.1. The number of benzene rings is 2. The van der Waals surface area contributed by atoms with E-state index >= 15 is 0 Å². The lowest BCUT2D eigenvalue weighted by atomic mass is 9.85. The number of nitrogens with one attached hydrogen (secondary N) is 1. The quantitative estimate of drug-likeness (QED) is 0.596. The Morgan fingerprint density at radius 3 is 2.74 bits per heavy atom. The molecule has 2 heterocycles. The van der Waals surface area contributed by atoms with Crippen molar-refractivity contribution in [2.24, 2.45) is 0 Å². The van der Waals surface area contributed by atoms with E-state index in [-0.39, 0.29) is 12.0 Å². The molecule has 0 radical (unpaired) electrons. The first-order valence-corrected chi connectivity index (χ1v) is 9.72. The van der Waals surface area contributed by atoms with Crippen molar-refractivity contribution in [3.63, 3.8) is 0 Å². The number of aryl methyl sites for hydroxylation is 3. The fraction of sp³-hybridized carbons (Fsp3) is 0.333. The van der Waals surface area contributed by atoms with Crippen molar-refractivity contribution < 1.29 is 5.11 Å². The van der Waals surface area contributed by atoms with Gasteiger partial charge in [-0.3, -0.25) is 0 Å². The number of aromatic hydroxyl groups is 1. The minimum atomic E-state index is 0.138. The van der Waals surface area contributed by atoms with E-state index in [0.717, 1.165) is 29.5 Å². The first-order chi connectivity index (χ1) is 13.0. The molecule has 0 saturated carbocycles. The van der Waals surface area contributed by atoms with Gasteiger partial charge in [0.2, 0.25) is 0 Å². The zero-order chi connectivity index (χ0) is 19.3. The van der Waals surface area contributed by atoms with Crippen molar-refractivity contribution in [3.8, 4) is 5.75 Å². The predicted molar refractivity (Wildman–Crippen MR) is 114 cm³/mol. The van der Waals surface area contributed by atoms with Crippen molar-refractivity contribution in [2.45, 2.75) is 45.6 Å². The molecule has 2 aromatic carbocycles. The van der Waals surface area contributed by atoms with E-state index in [4.69, 9.17) is 0 Å². The fourth-order valence-corrected chi connectivity index (χ4v) is 4.64. The Bertz CT molecular complexity index is 1030. The summed E-state index contributed by atoms with van der Waals surface area (Å²) in [7, 11) is 2.14. The van der Waals surface area contributed by atoms with Gasteiger partial charge in [-0.25, -0.2) is 0 Å². The van der Waals surface area contributed by atoms with E-state index in [1.807, 2.05) is 13.0 Å². The van der Waals surface area contributed by atoms with E-state index in [0.29, 0.717) is 5.75 Å². The standard InChI is InChI=1S/C24H28N2O/c1-6-7-11-19-15(3)18-13-14(2)24(27)22(23(18)25-19)21-16(4)26(5)20-12-9-8-10-17(20)21/h6,8-10,12-13,16,21,25,27H,1,7,11H2,2-5H3. The summed E-state index contributed by atoms with van der Waals surface area (Å²) < 4.78 is 0. The number of phenols is 1. The topological polar surface area (TPSA) is 39.3 Å². The van der Waals surface area contributed by atoms with Crippen molar-refractivity contribution in [3.05, 3.63) is 70.9 Å². The van der Waals surface area contributed by atoms with Crippen LogP contribution in [0.1, 0.15) is 47.2 Å². The van der Waals surface area contributed by atoms with Crippen LogP contribution in [0.15, 0.2) is 43.0 Å². The number of hydrogen-bond donors (Lipinski definition) is 2. The van der Waals surface area contributed by atoms with Gasteiger partial charge < -0.3 is 15.0 Å². The Morgan fingerprint density at radius 2 is 2.00 bits per heavy atom. The number of fused-ring (bicyclic) bond motifs is 2. The van der Waals surface area contributed by atoms with Gasteiger partial charge in [-0.1, -0.05) is 24.3 Å². The second-order valence-corrected chi connectivity index (χ2v) is 7.82. The van der Waals surface area contributed by atoms with Crippen LogP contribution >= 0.6 is 0 Å². The summed E-state index contributed by atoms with van der Waals surface area (Å²) in [6.45, 7) is 10.3. The van der Waals surface area contributed by atoms with Crippen molar-refractivity contribution in [1.82, 2.24) is 4.98 Å². The molecule has 2 unspecified atom stereocenters. The van der Waals surface area contributed by atoms with Crippen LogP contribution in [0.4, 0.5) is 5.69 Å². The average molecular weight is 361 g/mol. The number of allylic oxidation sites excluding steroid dienone is 1. The zero-order valence-corrected chi connectivity index (χ0v) is 16.6. The van der Waals surface area contributed by atoms with E-state index < -0.39 is 0 Å². The summed E-state index contributed by atoms with van der Waals surface area (Å²) in [6.07, 6.45) is 3.85. The van der Waals surface area contributed by atoms with Crippen LogP contribution in [-0.2, 0) is 6.42 Å². The second kappa shape index (κ2) is 6.49. The molecule has 2 N–H and O–H groups in total. The smallest absolute Gasteiger partial charge is 0.124 e. The molecule has 0 fully saturated rings. The molecule has 3 aromatic rings. The highest BCUT2D eigenvalue weighted by Gasteiger charge is 2.37. The van der Waals surface area contributed by atoms with Gasteiger partial charge in [0, 0.05) is 41.3 Å². The molecule has 0 aliphatic carbocycles. The van der Waals surface area contributed by atoms with Gasteiger partial charge >= 0.3 is 0 Å². The van der Waals surface area contributed by atoms with Gasteiger partial charge in [0.05, 0.1) is 5.52 Å². The Balaban J connectivity index is 1.99. The lowest BCUT2D eigenvalue weighted by Crippen LogP contribution is -2.27. The van der Waals surface area contributed by atoms with Crippen molar-refractivity contribution in [2.75, 3.05) is 11.9 Å². The summed E-state index contributed by atoms with van der Waals surface area (Å²) in [6, 6.07) is 10.9. The Morgan fingerprint density at radius 1 is 1.26 bits per heavy atom. The molecule has 27 heavy (non-hydrogen) atoms. The SMILES string of the molecule is C=CCCc1[nH]c2c(C3c4ccccc4N(C)C3C)c(O)c(C)cc2c1C. The normalized spacial score (nSPS) is 18.9. The molecule has 4 rings (SSSR count). The molecule has 3 nitrogen and oxygen atoms in total. The number of rotatable bonds is 4. The monoisotopic (exact) mass is 360 g/mol. The number of likely N-dealkylation sites (N-methyl/N-ethyl adjacent to an activating group) is 1. The van der Waals surface area contributed by atoms with Crippen LogP contribution in [0, 0.1) is 13.8 Å². The van der Waals surface area contributed by atoms with E-state index in [1.54, 1.807) is 0 Å². The number of para-hydroxylation sites is 1. The zero-order valence-electron chi connectivity index (χ0n) is 16.6. The molecule has 0 spiro atoms. The van der Waals surface area contributed by atoms with Crippen molar-refractivity contribution in [1.29, 1.82) is 0 Å². The molecule has 3 heteroatoms. The van der Waals surface area contributed by atoms with Gasteiger partial charge in [-0.2, -0.15) is 0 Å². The van der Waals surface area contributed by atoms with E-state index in [2.05, 4.69) is 67.7 Å². The molecular weight excluding hydrogens is 332 g/mol. The third-order valence-electron chi connectivity index (χ3n) is 6.32. The minimum Gasteiger partial charge on any atom is -0.507 e. The molecule has 0 amide bonds. The van der Waals surface area contributed by atoms with Gasteiger partial charge in [0.25, 0.3) is 0 Å². The van der Waals surface area contributed by atoms with Gasteiger partial charge in [0.1, 0.15) is 5.75 Å². The highest BCUT2D eigenvalue weighted by Crippen LogP contribution is 2.49. The molecule has 1 aliphatic rings. The molecule has 2 atom stereocenters. The van der Waals surface area contributed by atoms with Crippen LogP contribution < -0.4 is 4.90 Å². The second-order valence-electron chi connectivity index (χ2n) is 7.82. The highest BCUT2D eigenvalue weighted by molar-refractivity contribution is 5.91. The van der Waals surface area contributed by atoms with Gasteiger partial charge in [0.15, 0.2) is 0 Å². The summed E-state index contributed by atoms with van der Waals surface area (Å²) >= 11 is 0. The molecule has 140 valence electrons. The maximum Gasteiger partial charge on any atom is 0.124 e. The third kappa shape index (κ3) is 2.56. The third-order valence-corrected chi connectivity index (χ3v) is 6.32. The van der Waals surface area contributed by atoms with Crippen LogP contribution in [0.5, 0.6) is 5.75 Å². The summed E-state index contributed by atoms with van der Waals surface area (Å²) in [5.41, 5.74) is 8.11. The van der Waals surface area contributed by atoms with Crippen LogP contribution in [0.3, 0.4) is 0 Å². The van der Waals surface area contributed by atoms with Crippen LogP contribution in [-0.4, -0.2) is 23.2 Å². The van der Waals surface area contributed by atoms with Gasteiger partial charge in [-0.15, -0.1) is 6.58 Å². The first kappa shape index (κ1) is 17.7. The molecule has 0 saturated heterocycles. The number of aromatic nitrogens is 1. The molecule has 1 aromatic heterocycles. The van der Waals surface area contributed by atoms with E-state index in [9.17, 15) is 5.11 Å². The summed E-state index contributed by atoms with van der Waals surface area (Å²) in [4.78, 5) is 5.97. The molecule has 1 aliphatic heterocycles. The maximum atomic E-state index is 11.1. The van der Waals surface area contributed by atoms with Crippen LogP contribution in [0.25, 0.3) is 10.9 Å². The Hall–Kier alpha value is -2.68. The minimum absolute atomic E-state index is 0.138. The Kier molecular flexibility index (Phi) is 4.26. The number of phenolic OH excluding ortho intramolecular Hbond substituents is 1. The lowest BCUT2D eigenvalue weighted by molar-refractivity contribution is 0.458. The number of aromatic amines is 1. The highest BCUT2D eigenvalue weighted by atomic mass is 16.3. The predicted octanol–water partition coefficient (Wildman–Crippen LogP) is 5.58. The van der Waals surface area contributed by atoms with Crippen molar-refractivity contribution >= 4 is 16.6 Å². The van der Waals surface area contributed by atoms with Gasteiger partial charge in [-0.05, 0) is 62.4 Å². The largest absolute Gasteiger partial charge is 0.507 e. The number of anilines is 1. The summed E-state index contributed by atoms with van der Waals surface area (Å²) in [5.74, 6) is 0.555. The molecule has 0 bridgehead atoms. The summed E-state index contributed by atoms with van der Waals surface area (Å²) in [5, 5.41) is 12.3. The fourth-order valence-electron chi connectivity index (χ4n) is 4.64. The lowest BCUT2D eigenvalue weighted by Gasteiger charge is -2.24. The number of hydrogen-bond acceptors (Lipinski definition) is 2.